The summed E-state index contributed by atoms with van der Waals surface area (Å²) in [7, 11) is 0. The van der Waals surface area contributed by atoms with Gasteiger partial charge in [0.15, 0.2) is 0 Å². The number of benzene rings is 2. The van der Waals surface area contributed by atoms with E-state index >= 15 is 0 Å². The van der Waals surface area contributed by atoms with Crippen molar-refractivity contribution in [1.82, 2.24) is 9.97 Å². The fourth-order valence-electron chi connectivity index (χ4n) is 4.19. The summed E-state index contributed by atoms with van der Waals surface area (Å²) < 4.78 is 29.7. The molecule has 2 aromatic carbocycles. The Hall–Kier alpha value is -2.71. The van der Waals surface area contributed by atoms with Gasteiger partial charge in [-0.1, -0.05) is 69.2 Å². The van der Waals surface area contributed by atoms with Crippen molar-refractivity contribution in [2.75, 3.05) is 0 Å². The van der Waals surface area contributed by atoms with Crippen LogP contribution in [0.5, 0.6) is 0 Å². The van der Waals surface area contributed by atoms with Crippen molar-refractivity contribution in [3.63, 3.8) is 0 Å². The minimum absolute atomic E-state index is 0. The van der Waals surface area contributed by atoms with E-state index in [0.29, 0.717) is 11.4 Å². The van der Waals surface area contributed by atoms with Crippen LogP contribution in [0.15, 0.2) is 60.7 Å². The molecule has 0 aliphatic carbocycles. The molecule has 5 rings (SSSR count). The number of aromatic nitrogens is 2. The number of halogens is 2. The van der Waals surface area contributed by atoms with Gasteiger partial charge in [0.05, 0.1) is 11.6 Å². The maximum absolute atomic E-state index is 14.9. The van der Waals surface area contributed by atoms with Crippen molar-refractivity contribution in [3.05, 3.63) is 107 Å². The van der Waals surface area contributed by atoms with Gasteiger partial charge in [0.1, 0.15) is 0 Å². The van der Waals surface area contributed by atoms with Gasteiger partial charge in [-0.3, -0.25) is 18.7 Å². The number of hydrogen-bond donors (Lipinski definition) is 0. The third-order valence-electron chi connectivity index (χ3n) is 6.41. The average molecular weight is 620 g/mol. The molecule has 0 spiro atoms. The summed E-state index contributed by atoms with van der Waals surface area (Å²) in [5.74, 6) is -1.41. The summed E-state index contributed by atoms with van der Waals surface area (Å²) in [5.41, 5.74) is 3.58. The number of nitrogens with zero attached hydrogens (tertiary/aromatic N) is 2. The molecule has 1 aliphatic heterocycles. The van der Waals surface area contributed by atoms with Crippen molar-refractivity contribution in [1.29, 1.82) is 0 Å². The van der Waals surface area contributed by atoms with Gasteiger partial charge in [-0.15, -0.1) is 6.07 Å². The van der Waals surface area contributed by atoms with Crippen molar-refractivity contribution in [3.8, 4) is 22.5 Å². The van der Waals surface area contributed by atoms with E-state index < -0.39 is 22.5 Å². The average Bonchev–Trinajstić information content (AvgIpc) is 2.79. The molecule has 33 heavy (non-hydrogen) atoms. The molecule has 0 fully saturated rings. The molecule has 1 aliphatic rings. The quantitative estimate of drug-likeness (QED) is 0.206. The van der Waals surface area contributed by atoms with E-state index in [9.17, 15) is 8.78 Å². The van der Waals surface area contributed by atoms with Crippen LogP contribution >= 0.6 is 0 Å². The molecule has 8 bridgehead atoms. The van der Waals surface area contributed by atoms with Crippen LogP contribution in [0, 0.1) is 23.8 Å². The first-order valence-electron chi connectivity index (χ1n) is 10.6. The Morgan fingerprint density at radius 2 is 1.06 bits per heavy atom. The number of pyridine rings is 2. The SMILES string of the molecule is CC1(C)c2[c-]c(ccc2)C(C)(C)c2cccc(n2)-c2[c-]c(c(F)cc2F)-c2cccc1n2.[Pt+2]. The van der Waals surface area contributed by atoms with Crippen molar-refractivity contribution >= 4 is 0 Å². The van der Waals surface area contributed by atoms with Crippen LogP contribution in [-0.4, -0.2) is 9.97 Å². The molecule has 4 aromatic rings. The molecule has 2 nitrogen and oxygen atoms in total. The second-order valence-corrected chi connectivity index (χ2v) is 9.26. The molecule has 0 amide bonds. The molecule has 0 atom stereocenters. The fraction of sp³-hybridized carbons (Fsp3) is 0.214. The predicted molar refractivity (Wildman–Crippen MR) is 121 cm³/mol. The summed E-state index contributed by atoms with van der Waals surface area (Å²) in [6, 6.07) is 24.5. The van der Waals surface area contributed by atoms with Crippen molar-refractivity contribution in [2.45, 2.75) is 38.5 Å². The molecule has 0 saturated carbocycles. The van der Waals surface area contributed by atoms with Crippen LogP contribution in [-0.2, 0) is 31.9 Å². The molecule has 2 aromatic heterocycles. The van der Waals surface area contributed by atoms with Gasteiger partial charge < -0.3 is 0 Å². The largest absolute Gasteiger partial charge is 2.00 e. The predicted octanol–water partition coefficient (Wildman–Crippen LogP) is 6.65. The maximum Gasteiger partial charge on any atom is 2.00 e. The second kappa shape index (κ2) is 8.25. The van der Waals surface area contributed by atoms with Gasteiger partial charge >= 0.3 is 21.1 Å². The van der Waals surface area contributed by atoms with Crippen LogP contribution in [0.4, 0.5) is 8.78 Å². The Labute approximate surface area is 207 Å². The summed E-state index contributed by atoms with van der Waals surface area (Å²) >= 11 is 0. The Kier molecular flexibility index (Phi) is 5.86. The van der Waals surface area contributed by atoms with Crippen LogP contribution in [0.2, 0.25) is 0 Å². The topological polar surface area (TPSA) is 25.8 Å². The molecule has 168 valence electrons. The van der Waals surface area contributed by atoms with E-state index in [-0.39, 0.29) is 32.2 Å². The Bertz CT molecular complexity index is 1270. The van der Waals surface area contributed by atoms with E-state index in [1.165, 1.54) is 0 Å². The third kappa shape index (κ3) is 3.85. The van der Waals surface area contributed by atoms with Crippen LogP contribution in [0.25, 0.3) is 22.5 Å². The Morgan fingerprint density at radius 3 is 1.52 bits per heavy atom. The van der Waals surface area contributed by atoms with Gasteiger partial charge in [-0.25, -0.2) is 0 Å². The Balaban J connectivity index is 0.00000259. The number of hydrogen-bond acceptors (Lipinski definition) is 2. The zero-order chi connectivity index (χ0) is 22.7. The maximum atomic E-state index is 14.9. The normalized spacial score (nSPS) is 15.2. The molecular weight excluding hydrogens is 597 g/mol. The third-order valence-corrected chi connectivity index (χ3v) is 6.41. The molecule has 3 heterocycles. The van der Waals surface area contributed by atoms with Gasteiger partial charge in [0, 0.05) is 33.6 Å². The smallest absolute Gasteiger partial charge is 0.291 e. The minimum atomic E-state index is -0.703. The first-order valence-corrected chi connectivity index (χ1v) is 10.6. The molecule has 5 heteroatoms. The van der Waals surface area contributed by atoms with Gasteiger partial charge in [-0.05, 0) is 12.1 Å². The summed E-state index contributed by atoms with van der Waals surface area (Å²) in [6.07, 6.45) is 0. The monoisotopic (exact) mass is 619 g/mol. The summed E-state index contributed by atoms with van der Waals surface area (Å²) in [4.78, 5) is 9.53. The van der Waals surface area contributed by atoms with Crippen molar-refractivity contribution in [2.24, 2.45) is 0 Å². The van der Waals surface area contributed by atoms with E-state index in [0.717, 1.165) is 28.6 Å². The fourth-order valence-corrected chi connectivity index (χ4v) is 4.19. The van der Waals surface area contributed by atoms with E-state index in [1.54, 1.807) is 12.1 Å². The molecular formula is C28H22F2N2Pt. The Morgan fingerprint density at radius 1 is 0.636 bits per heavy atom. The summed E-state index contributed by atoms with van der Waals surface area (Å²) in [5, 5.41) is 0. The van der Waals surface area contributed by atoms with E-state index in [1.807, 2.05) is 42.5 Å². The standard InChI is InChI=1S/C28H22F2N2.Pt/c1-27(2)17-8-5-9-18(14-17)28(3,4)26-13-7-11-24(32-26)20-15-19(21(29)16-22(20)30)23-10-6-12-25(27)31-23;/h5-13,16H,1-4H3;/q-2;+2. The van der Waals surface area contributed by atoms with Gasteiger partial charge in [-0.2, -0.15) is 35.4 Å². The number of rotatable bonds is 0. The van der Waals surface area contributed by atoms with Crippen LogP contribution in [0.1, 0.15) is 50.2 Å². The van der Waals surface area contributed by atoms with Gasteiger partial charge in [0.25, 0.3) is 0 Å². The zero-order valence-electron chi connectivity index (χ0n) is 18.7. The molecule has 0 unspecified atom stereocenters. The molecule has 0 radical (unpaired) electrons. The van der Waals surface area contributed by atoms with Crippen molar-refractivity contribution < 1.29 is 29.8 Å². The van der Waals surface area contributed by atoms with Crippen LogP contribution in [0.3, 0.4) is 0 Å². The zero-order valence-corrected chi connectivity index (χ0v) is 21.0. The van der Waals surface area contributed by atoms with E-state index in [2.05, 4.69) is 39.8 Å². The first kappa shape index (κ1) is 23.4. The second-order valence-electron chi connectivity index (χ2n) is 9.26. The first-order chi connectivity index (χ1) is 15.2. The number of fused-ring (bicyclic) bond motifs is 10. The molecule has 0 N–H and O–H groups in total. The minimum Gasteiger partial charge on any atom is -0.291 e. The van der Waals surface area contributed by atoms with E-state index in [4.69, 9.17) is 9.97 Å². The van der Waals surface area contributed by atoms with Gasteiger partial charge in [0.2, 0.25) is 0 Å². The summed E-state index contributed by atoms with van der Waals surface area (Å²) in [6.45, 7) is 8.29. The van der Waals surface area contributed by atoms with Crippen LogP contribution < -0.4 is 0 Å². The molecule has 0 saturated heterocycles.